The molecule has 1 aromatic heterocycles. The summed E-state index contributed by atoms with van der Waals surface area (Å²) in [5.41, 5.74) is -0.671. The SMILES string of the molecule is CN1C(=O)CC(C(=O)O)C12CCN(C(=O)CCn1cnnn1)CC2. The molecule has 0 saturated carbocycles. The van der Waals surface area contributed by atoms with E-state index in [1.165, 1.54) is 11.0 Å². The maximum atomic E-state index is 12.3. The number of carbonyl (C=O) groups excluding carboxylic acids is 2. The van der Waals surface area contributed by atoms with Gasteiger partial charge in [-0.2, -0.15) is 0 Å². The molecule has 1 atom stereocenters. The summed E-state index contributed by atoms with van der Waals surface area (Å²) in [6.45, 7) is 1.31. The second-order valence-corrected chi connectivity index (χ2v) is 6.35. The van der Waals surface area contributed by atoms with E-state index in [-0.39, 0.29) is 24.7 Å². The number of piperidine rings is 1. The average molecular weight is 336 g/mol. The largest absolute Gasteiger partial charge is 0.481 e. The van der Waals surface area contributed by atoms with Crippen LogP contribution in [0.4, 0.5) is 0 Å². The lowest BCUT2D eigenvalue weighted by atomic mass is 9.77. The van der Waals surface area contributed by atoms with E-state index >= 15 is 0 Å². The molecule has 2 amide bonds. The summed E-state index contributed by atoms with van der Waals surface area (Å²) in [6.07, 6.45) is 2.76. The van der Waals surface area contributed by atoms with Gasteiger partial charge in [-0.05, 0) is 23.3 Å². The highest BCUT2D eigenvalue weighted by Crippen LogP contribution is 2.42. The summed E-state index contributed by atoms with van der Waals surface area (Å²) < 4.78 is 1.49. The number of tetrazole rings is 1. The molecular weight excluding hydrogens is 316 g/mol. The summed E-state index contributed by atoms with van der Waals surface area (Å²) >= 11 is 0. The van der Waals surface area contributed by atoms with E-state index in [2.05, 4.69) is 15.5 Å². The molecule has 3 rings (SSSR count). The molecule has 2 saturated heterocycles. The Morgan fingerprint density at radius 3 is 2.67 bits per heavy atom. The molecule has 3 heterocycles. The van der Waals surface area contributed by atoms with E-state index in [4.69, 9.17) is 0 Å². The van der Waals surface area contributed by atoms with Crippen molar-refractivity contribution in [2.75, 3.05) is 20.1 Å². The molecule has 1 unspecified atom stereocenters. The van der Waals surface area contributed by atoms with E-state index in [9.17, 15) is 19.5 Å². The highest BCUT2D eigenvalue weighted by Gasteiger charge is 2.55. The number of hydrogen-bond donors (Lipinski definition) is 1. The van der Waals surface area contributed by atoms with E-state index in [1.54, 1.807) is 16.8 Å². The summed E-state index contributed by atoms with van der Waals surface area (Å²) in [5, 5.41) is 20.2. The van der Waals surface area contributed by atoms with Gasteiger partial charge < -0.3 is 14.9 Å². The first-order valence-electron chi connectivity index (χ1n) is 7.92. The molecule has 2 aliphatic heterocycles. The van der Waals surface area contributed by atoms with Gasteiger partial charge in [0.25, 0.3) is 0 Å². The topological polar surface area (TPSA) is 122 Å². The second-order valence-electron chi connectivity index (χ2n) is 6.35. The van der Waals surface area contributed by atoms with Crippen LogP contribution in [-0.2, 0) is 20.9 Å². The Morgan fingerprint density at radius 2 is 2.08 bits per heavy atom. The van der Waals surface area contributed by atoms with E-state index in [0.717, 1.165) is 0 Å². The second kappa shape index (κ2) is 6.17. The van der Waals surface area contributed by atoms with Gasteiger partial charge in [0.2, 0.25) is 11.8 Å². The first-order valence-corrected chi connectivity index (χ1v) is 7.92. The number of amides is 2. The van der Waals surface area contributed by atoms with Crippen molar-refractivity contribution in [2.24, 2.45) is 5.92 Å². The maximum absolute atomic E-state index is 12.3. The Balaban J connectivity index is 1.61. The van der Waals surface area contributed by atoms with Crippen molar-refractivity contribution >= 4 is 17.8 Å². The lowest BCUT2D eigenvalue weighted by Crippen LogP contribution is -2.57. The number of aryl methyl sites for hydroxylation is 1. The number of aliphatic carboxylic acids is 1. The predicted octanol–water partition coefficient (Wildman–Crippen LogP) is -1.01. The summed E-state index contributed by atoms with van der Waals surface area (Å²) in [4.78, 5) is 39.1. The van der Waals surface area contributed by atoms with Gasteiger partial charge in [-0.25, -0.2) is 4.68 Å². The Hall–Kier alpha value is -2.52. The number of likely N-dealkylation sites (tertiary alicyclic amines) is 2. The van der Waals surface area contributed by atoms with Gasteiger partial charge in [0.05, 0.1) is 18.0 Å². The number of carboxylic acids is 1. The number of aromatic nitrogens is 4. The lowest BCUT2D eigenvalue weighted by molar-refractivity contribution is -0.147. The average Bonchev–Trinajstić information content (AvgIpc) is 3.17. The number of nitrogens with zero attached hydrogens (tertiary/aromatic N) is 6. The van der Waals surface area contributed by atoms with Crippen molar-refractivity contribution in [3.05, 3.63) is 6.33 Å². The van der Waals surface area contributed by atoms with Crippen LogP contribution in [0.5, 0.6) is 0 Å². The molecule has 10 nitrogen and oxygen atoms in total. The molecule has 2 fully saturated rings. The zero-order valence-corrected chi connectivity index (χ0v) is 13.5. The molecule has 0 aliphatic carbocycles. The fourth-order valence-corrected chi connectivity index (χ4v) is 3.78. The van der Waals surface area contributed by atoms with Gasteiger partial charge in [-0.3, -0.25) is 14.4 Å². The molecule has 10 heteroatoms. The van der Waals surface area contributed by atoms with Gasteiger partial charge in [-0.15, -0.1) is 5.10 Å². The highest BCUT2D eigenvalue weighted by atomic mass is 16.4. The maximum Gasteiger partial charge on any atom is 0.309 e. The first-order chi connectivity index (χ1) is 11.4. The number of rotatable bonds is 4. The number of carbonyl (C=O) groups is 3. The minimum atomic E-state index is -0.939. The van der Waals surface area contributed by atoms with Crippen LogP contribution in [0.3, 0.4) is 0 Å². The van der Waals surface area contributed by atoms with Gasteiger partial charge in [0.15, 0.2) is 0 Å². The van der Waals surface area contributed by atoms with Crippen LogP contribution in [0.25, 0.3) is 0 Å². The molecule has 0 aromatic carbocycles. The Kier molecular flexibility index (Phi) is 4.20. The van der Waals surface area contributed by atoms with Gasteiger partial charge in [0, 0.05) is 33.0 Å². The van der Waals surface area contributed by atoms with Crippen LogP contribution < -0.4 is 0 Å². The smallest absolute Gasteiger partial charge is 0.309 e. The van der Waals surface area contributed by atoms with Crippen molar-refractivity contribution in [1.29, 1.82) is 0 Å². The molecule has 1 N–H and O–H groups in total. The third kappa shape index (κ3) is 2.72. The fraction of sp³-hybridized carbons (Fsp3) is 0.714. The van der Waals surface area contributed by atoms with Gasteiger partial charge >= 0.3 is 5.97 Å². The van der Waals surface area contributed by atoms with Crippen molar-refractivity contribution in [3.63, 3.8) is 0 Å². The Morgan fingerprint density at radius 1 is 1.38 bits per heavy atom. The van der Waals surface area contributed by atoms with Crippen LogP contribution in [-0.4, -0.2) is 78.6 Å². The Labute approximate surface area is 138 Å². The third-order valence-electron chi connectivity index (χ3n) is 5.30. The molecule has 0 radical (unpaired) electrons. The van der Waals surface area contributed by atoms with Crippen LogP contribution in [0, 0.1) is 5.92 Å². The number of carboxylic acid groups (broad SMARTS) is 1. The first kappa shape index (κ1) is 16.3. The molecule has 1 aromatic rings. The van der Waals surface area contributed by atoms with E-state index < -0.39 is 17.4 Å². The molecule has 2 aliphatic rings. The van der Waals surface area contributed by atoms with Crippen molar-refractivity contribution in [2.45, 2.75) is 37.8 Å². The van der Waals surface area contributed by atoms with Crippen LogP contribution in [0.1, 0.15) is 25.7 Å². The minimum absolute atomic E-state index is 0.0146. The van der Waals surface area contributed by atoms with Crippen LogP contribution >= 0.6 is 0 Å². The highest BCUT2D eigenvalue weighted by molar-refractivity contribution is 5.88. The fourth-order valence-electron chi connectivity index (χ4n) is 3.78. The summed E-state index contributed by atoms with van der Waals surface area (Å²) in [6, 6.07) is 0. The quantitative estimate of drug-likeness (QED) is 0.747. The van der Waals surface area contributed by atoms with Crippen molar-refractivity contribution < 1.29 is 19.5 Å². The van der Waals surface area contributed by atoms with Crippen LogP contribution in [0.15, 0.2) is 6.33 Å². The molecular formula is C14H20N6O4. The van der Waals surface area contributed by atoms with Gasteiger partial charge in [0.1, 0.15) is 6.33 Å². The molecule has 130 valence electrons. The third-order valence-corrected chi connectivity index (χ3v) is 5.30. The molecule has 24 heavy (non-hydrogen) atoms. The van der Waals surface area contributed by atoms with Crippen molar-refractivity contribution in [1.82, 2.24) is 30.0 Å². The zero-order valence-electron chi connectivity index (χ0n) is 13.5. The molecule has 0 bridgehead atoms. The summed E-state index contributed by atoms with van der Waals surface area (Å²) in [7, 11) is 1.67. The lowest BCUT2D eigenvalue weighted by Gasteiger charge is -2.45. The van der Waals surface area contributed by atoms with Crippen LogP contribution in [0.2, 0.25) is 0 Å². The monoisotopic (exact) mass is 336 g/mol. The van der Waals surface area contributed by atoms with Crippen molar-refractivity contribution in [3.8, 4) is 0 Å². The van der Waals surface area contributed by atoms with E-state index in [1.807, 2.05) is 0 Å². The normalized spacial score (nSPS) is 23.0. The predicted molar refractivity (Wildman–Crippen MR) is 79.5 cm³/mol. The van der Waals surface area contributed by atoms with E-state index in [0.29, 0.717) is 32.5 Å². The summed E-state index contributed by atoms with van der Waals surface area (Å²) in [5.74, 6) is -1.79. The zero-order chi connectivity index (χ0) is 17.3. The number of hydrogen-bond acceptors (Lipinski definition) is 6. The van der Waals surface area contributed by atoms with Gasteiger partial charge in [-0.1, -0.05) is 0 Å². The minimum Gasteiger partial charge on any atom is -0.481 e. The Bertz CT molecular complexity index is 638. The standard InChI is InChI=1S/C14H20N6O4/c1-18-12(22)8-10(13(23)24)14(18)3-6-19(7-4-14)11(21)2-5-20-9-15-16-17-20/h9-10H,2-8H2,1H3,(H,23,24). The molecule has 1 spiro atoms.